The molecule has 0 spiro atoms. The van der Waals surface area contributed by atoms with Crippen LogP contribution in [0.15, 0.2) is 59.5 Å². The number of benzene rings is 2. The Morgan fingerprint density at radius 3 is 2.29 bits per heavy atom. The van der Waals surface area contributed by atoms with Crippen LogP contribution in [-0.2, 0) is 20.1 Å². The van der Waals surface area contributed by atoms with Crippen molar-refractivity contribution in [1.29, 1.82) is 0 Å². The van der Waals surface area contributed by atoms with Crippen LogP contribution in [0.5, 0.6) is 5.75 Å². The standard InChI is InChI=1S/C25H29NO4S/c1-3-4-16-30-17-8-15-26-24(27)22(20-11-13-21(29-2)14-12-20)23(25(26)28)31-18-19-9-6-5-7-10-19/h5-7,9-14H,3-4,8,15-18H2,1-2H3. The Bertz CT molecular complexity index is 909. The van der Waals surface area contributed by atoms with E-state index >= 15 is 0 Å². The van der Waals surface area contributed by atoms with Crippen LogP contribution in [0.4, 0.5) is 0 Å². The van der Waals surface area contributed by atoms with Gasteiger partial charge >= 0.3 is 0 Å². The number of ether oxygens (including phenoxy) is 2. The number of hydrogen-bond donors (Lipinski definition) is 0. The van der Waals surface area contributed by atoms with E-state index in [-0.39, 0.29) is 11.8 Å². The van der Waals surface area contributed by atoms with Gasteiger partial charge in [0.25, 0.3) is 11.8 Å². The summed E-state index contributed by atoms with van der Waals surface area (Å²) in [5.74, 6) is 0.883. The first-order valence-corrected chi connectivity index (χ1v) is 11.6. The minimum absolute atomic E-state index is 0.217. The van der Waals surface area contributed by atoms with Gasteiger partial charge in [0.1, 0.15) is 5.75 Å². The number of methoxy groups -OCH3 is 1. The first kappa shape index (κ1) is 23.1. The molecule has 5 nitrogen and oxygen atoms in total. The monoisotopic (exact) mass is 439 g/mol. The Balaban J connectivity index is 1.76. The molecule has 0 aliphatic carbocycles. The van der Waals surface area contributed by atoms with Gasteiger partial charge in [0.05, 0.1) is 17.6 Å². The lowest BCUT2D eigenvalue weighted by Gasteiger charge is -2.15. The van der Waals surface area contributed by atoms with Gasteiger partial charge in [0.2, 0.25) is 0 Å². The molecular weight excluding hydrogens is 410 g/mol. The van der Waals surface area contributed by atoms with Gasteiger partial charge in [-0.25, -0.2) is 0 Å². The highest BCUT2D eigenvalue weighted by atomic mass is 32.2. The van der Waals surface area contributed by atoms with E-state index in [1.807, 2.05) is 54.6 Å². The summed E-state index contributed by atoms with van der Waals surface area (Å²) in [6, 6.07) is 17.2. The molecule has 1 aliphatic rings. The van der Waals surface area contributed by atoms with Crippen LogP contribution >= 0.6 is 11.8 Å². The SMILES string of the molecule is CCCCOCCCN1C(=O)C(SCc2ccccc2)=C(c2ccc(OC)cc2)C1=O. The zero-order chi connectivity index (χ0) is 22.1. The third-order valence-corrected chi connectivity index (χ3v) is 6.19. The second-order valence-electron chi connectivity index (χ2n) is 7.29. The van der Waals surface area contributed by atoms with Crippen LogP contribution in [0.3, 0.4) is 0 Å². The molecule has 164 valence electrons. The molecule has 0 unspecified atom stereocenters. The van der Waals surface area contributed by atoms with Crippen molar-refractivity contribution in [3.63, 3.8) is 0 Å². The summed E-state index contributed by atoms with van der Waals surface area (Å²) in [6.45, 7) is 3.73. The molecule has 31 heavy (non-hydrogen) atoms. The van der Waals surface area contributed by atoms with Gasteiger partial charge in [-0.1, -0.05) is 55.8 Å². The molecule has 6 heteroatoms. The predicted molar refractivity (Wildman–Crippen MR) is 125 cm³/mol. The fraction of sp³-hybridized carbons (Fsp3) is 0.360. The highest BCUT2D eigenvalue weighted by molar-refractivity contribution is 8.03. The minimum Gasteiger partial charge on any atom is -0.497 e. The van der Waals surface area contributed by atoms with E-state index in [9.17, 15) is 9.59 Å². The van der Waals surface area contributed by atoms with E-state index in [0.29, 0.717) is 48.2 Å². The molecule has 1 heterocycles. The maximum atomic E-state index is 13.2. The van der Waals surface area contributed by atoms with E-state index in [1.165, 1.54) is 16.7 Å². The second kappa shape index (κ2) is 11.7. The zero-order valence-electron chi connectivity index (χ0n) is 18.1. The van der Waals surface area contributed by atoms with E-state index in [0.717, 1.165) is 24.0 Å². The number of carbonyl (C=O) groups is 2. The highest BCUT2D eigenvalue weighted by Crippen LogP contribution is 2.38. The van der Waals surface area contributed by atoms with Crippen LogP contribution < -0.4 is 4.74 Å². The zero-order valence-corrected chi connectivity index (χ0v) is 19.0. The molecular formula is C25H29NO4S. The normalized spacial score (nSPS) is 13.9. The maximum Gasteiger partial charge on any atom is 0.267 e. The molecule has 0 saturated heterocycles. The van der Waals surface area contributed by atoms with Crippen LogP contribution in [0.25, 0.3) is 5.57 Å². The topological polar surface area (TPSA) is 55.8 Å². The number of nitrogens with zero attached hydrogens (tertiary/aromatic N) is 1. The summed E-state index contributed by atoms with van der Waals surface area (Å²) in [5.41, 5.74) is 2.31. The van der Waals surface area contributed by atoms with E-state index in [1.54, 1.807) is 7.11 Å². The Kier molecular flexibility index (Phi) is 8.74. The number of hydrogen-bond acceptors (Lipinski definition) is 5. The largest absolute Gasteiger partial charge is 0.497 e. The Morgan fingerprint density at radius 2 is 1.61 bits per heavy atom. The summed E-state index contributed by atoms with van der Waals surface area (Å²) in [7, 11) is 1.60. The summed E-state index contributed by atoms with van der Waals surface area (Å²) in [4.78, 5) is 28.3. The van der Waals surface area contributed by atoms with Gasteiger partial charge in [-0.3, -0.25) is 14.5 Å². The van der Waals surface area contributed by atoms with Crippen LogP contribution in [0.2, 0.25) is 0 Å². The average Bonchev–Trinajstić information content (AvgIpc) is 3.04. The van der Waals surface area contributed by atoms with Crippen molar-refractivity contribution in [2.45, 2.75) is 31.9 Å². The number of rotatable bonds is 12. The lowest BCUT2D eigenvalue weighted by molar-refractivity contribution is -0.136. The van der Waals surface area contributed by atoms with Crippen molar-refractivity contribution in [3.8, 4) is 5.75 Å². The van der Waals surface area contributed by atoms with Crippen molar-refractivity contribution in [2.24, 2.45) is 0 Å². The Hall–Kier alpha value is -2.57. The fourth-order valence-corrected chi connectivity index (χ4v) is 4.39. The van der Waals surface area contributed by atoms with Gasteiger partial charge < -0.3 is 9.47 Å². The fourth-order valence-electron chi connectivity index (χ4n) is 3.31. The highest BCUT2D eigenvalue weighted by Gasteiger charge is 2.38. The molecule has 0 radical (unpaired) electrons. The molecule has 0 fully saturated rings. The third kappa shape index (κ3) is 5.99. The molecule has 2 amide bonds. The van der Waals surface area contributed by atoms with Crippen molar-refractivity contribution >= 4 is 29.1 Å². The van der Waals surface area contributed by atoms with Gasteiger partial charge in [-0.05, 0) is 36.1 Å². The van der Waals surface area contributed by atoms with Crippen molar-refractivity contribution in [2.75, 3.05) is 26.9 Å². The van der Waals surface area contributed by atoms with Gasteiger partial charge in [-0.2, -0.15) is 0 Å². The molecule has 0 saturated carbocycles. The van der Waals surface area contributed by atoms with Crippen molar-refractivity contribution in [1.82, 2.24) is 4.90 Å². The molecule has 0 bridgehead atoms. The number of unbranched alkanes of at least 4 members (excludes halogenated alkanes) is 1. The summed E-state index contributed by atoms with van der Waals surface area (Å²) < 4.78 is 10.8. The van der Waals surface area contributed by atoms with E-state index in [2.05, 4.69) is 6.92 Å². The molecule has 0 N–H and O–H groups in total. The first-order valence-electron chi connectivity index (χ1n) is 10.6. The number of carbonyl (C=O) groups excluding carboxylic acids is 2. The molecule has 0 atom stereocenters. The smallest absolute Gasteiger partial charge is 0.267 e. The second-order valence-corrected chi connectivity index (χ2v) is 8.27. The molecule has 2 aromatic rings. The molecule has 2 aromatic carbocycles. The lowest BCUT2D eigenvalue weighted by Crippen LogP contribution is -2.33. The minimum atomic E-state index is -0.237. The van der Waals surface area contributed by atoms with Crippen LogP contribution in [0, 0.1) is 0 Å². The molecule has 1 aliphatic heterocycles. The van der Waals surface area contributed by atoms with Crippen molar-refractivity contribution < 1.29 is 19.1 Å². The summed E-state index contributed by atoms with van der Waals surface area (Å²) in [5, 5.41) is 0. The van der Waals surface area contributed by atoms with Gasteiger partial charge in [0.15, 0.2) is 0 Å². The number of amides is 2. The number of thioether (sulfide) groups is 1. The quantitative estimate of drug-likeness (QED) is 0.347. The van der Waals surface area contributed by atoms with E-state index in [4.69, 9.17) is 9.47 Å². The predicted octanol–water partition coefficient (Wildman–Crippen LogP) is 4.92. The average molecular weight is 440 g/mol. The lowest BCUT2D eigenvalue weighted by atomic mass is 10.1. The van der Waals surface area contributed by atoms with Gasteiger partial charge in [0, 0.05) is 25.5 Å². The van der Waals surface area contributed by atoms with Gasteiger partial charge in [-0.15, -0.1) is 11.8 Å². The van der Waals surface area contributed by atoms with Crippen LogP contribution in [0.1, 0.15) is 37.3 Å². The molecule has 0 aromatic heterocycles. The summed E-state index contributed by atoms with van der Waals surface area (Å²) >= 11 is 1.42. The van der Waals surface area contributed by atoms with Crippen molar-refractivity contribution in [3.05, 3.63) is 70.6 Å². The van der Waals surface area contributed by atoms with E-state index < -0.39 is 0 Å². The Labute approximate surface area is 188 Å². The molecule has 3 rings (SSSR count). The van der Waals surface area contributed by atoms with Crippen LogP contribution in [-0.4, -0.2) is 43.6 Å². The summed E-state index contributed by atoms with van der Waals surface area (Å²) in [6.07, 6.45) is 2.74. The third-order valence-electron chi connectivity index (χ3n) is 5.04. The Morgan fingerprint density at radius 1 is 0.903 bits per heavy atom. The number of imide groups is 1. The first-order chi connectivity index (χ1) is 15.2. The maximum absolute atomic E-state index is 13.2.